The van der Waals surface area contributed by atoms with Crippen molar-refractivity contribution in [2.75, 3.05) is 16.8 Å². The van der Waals surface area contributed by atoms with E-state index < -0.39 is 0 Å². The monoisotopic (exact) mass is 282 g/mol. The summed E-state index contributed by atoms with van der Waals surface area (Å²) >= 11 is 0. The van der Waals surface area contributed by atoms with Crippen LogP contribution in [0.2, 0.25) is 0 Å². The van der Waals surface area contributed by atoms with Crippen LogP contribution in [0.4, 0.5) is 17.5 Å². The molecule has 0 saturated heterocycles. The fourth-order valence-corrected chi connectivity index (χ4v) is 2.66. The Morgan fingerprint density at radius 2 is 2.14 bits per heavy atom. The summed E-state index contributed by atoms with van der Waals surface area (Å²) in [4.78, 5) is 11.3. The highest BCUT2D eigenvalue weighted by atomic mass is 15.2. The Labute approximate surface area is 126 Å². The molecular formula is C17H22N4. The first-order chi connectivity index (χ1) is 10.3. The summed E-state index contributed by atoms with van der Waals surface area (Å²) in [5, 5.41) is 3.35. The number of fused-ring (bicyclic) bond motifs is 1. The van der Waals surface area contributed by atoms with Crippen molar-refractivity contribution in [3.63, 3.8) is 0 Å². The Kier molecular flexibility index (Phi) is 4.04. The molecule has 0 amide bonds. The zero-order valence-corrected chi connectivity index (χ0v) is 12.7. The van der Waals surface area contributed by atoms with Crippen molar-refractivity contribution in [2.24, 2.45) is 0 Å². The van der Waals surface area contributed by atoms with Crippen molar-refractivity contribution in [1.82, 2.24) is 9.97 Å². The molecule has 110 valence electrons. The van der Waals surface area contributed by atoms with Gasteiger partial charge in [-0.15, -0.1) is 0 Å². The van der Waals surface area contributed by atoms with E-state index in [0.717, 1.165) is 31.6 Å². The smallest absolute Gasteiger partial charge is 0.224 e. The SMILES string of the molecule is CCC(C)Nc1nccc(N2CCCc3ccccc32)n1. The van der Waals surface area contributed by atoms with E-state index in [-0.39, 0.29) is 0 Å². The normalized spacial score (nSPS) is 15.4. The van der Waals surface area contributed by atoms with E-state index in [1.54, 1.807) is 0 Å². The summed E-state index contributed by atoms with van der Waals surface area (Å²) in [6, 6.07) is 11.0. The number of benzene rings is 1. The third-order valence-corrected chi connectivity index (χ3v) is 4.02. The number of para-hydroxylation sites is 1. The van der Waals surface area contributed by atoms with Crippen molar-refractivity contribution < 1.29 is 0 Å². The highest BCUT2D eigenvalue weighted by molar-refractivity contribution is 5.65. The summed E-state index contributed by atoms with van der Waals surface area (Å²) in [5.74, 6) is 1.69. The number of aromatic nitrogens is 2. The van der Waals surface area contributed by atoms with E-state index >= 15 is 0 Å². The molecule has 1 aromatic carbocycles. The van der Waals surface area contributed by atoms with E-state index in [1.165, 1.54) is 11.3 Å². The van der Waals surface area contributed by atoms with Gasteiger partial charge in [0.1, 0.15) is 5.82 Å². The quantitative estimate of drug-likeness (QED) is 0.926. The maximum atomic E-state index is 4.69. The molecule has 0 bridgehead atoms. The molecule has 0 aliphatic carbocycles. The minimum Gasteiger partial charge on any atom is -0.352 e. The second-order valence-electron chi connectivity index (χ2n) is 5.58. The zero-order chi connectivity index (χ0) is 14.7. The summed E-state index contributed by atoms with van der Waals surface area (Å²) in [5.41, 5.74) is 2.68. The second kappa shape index (κ2) is 6.12. The molecule has 0 radical (unpaired) electrons. The van der Waals surface area contributed by atoms with E-state index in [4.69, 9.17) is 0 Å². The first kappa shape index (κ1) is 13.9. The van der Waals surface area contributed by atoms with Gasteiger partial charge in [-0.3, -0.25) is 0 Å². The summed E-state index contributed by atoms with van der Waals surface area (Å²) in [6.45, 7) is 5.31. The predicted octanol–water partition coefficient (Wildman–Crippen LogP) is 3.77. The van der Waals surface area contributed by atoms with Crippen LogP contribution in [0.1, 0.15) is 32.3 Å². The Morgan fingerprint density at radius 3 is 3.00 bits per heavy atom. The van der Waals surface area contributed by atoms with Crippen LogP contribution >= 0.6 is 0 Å². The minimum atomic E-state index is 0.383. The Balaban J connectivity index is 1.89. The van der Waals surface area contributed by atoms with E-state index in [1.807, 2.05) is 12.3 Å². The van der Waals surface area contributed by atoms with Gasteiger partial charge in [-0.2, -0.15) is 4.98 Å². The molecule has 2 heterocycles. The molecular weight excluding hydrogens is 260 g/mol. The first-order valence-corrected chi connectivity index (χ1v) is 7.73. The second-order valence-corrected chi connectivity index (χ2v) is 5.58. The zero-order valence-electron chi connectivity index (χ0n) is 12.7. The molecule has 21 heavy (non-hydrogen) atoms. The molecule has 4 heteroatoms. The van der Waals surface area contributed by atoms with E-state index in [9.17, 15) is 0 Å². The van der Waals surface area contributed by atoms with Crippen LogP contribution in [-0.4, -0.2) is 22.6 Å². The van der Waals surface area contributed by atoms with Gasteiger partial charge < -0.3 is 10.2 Å². The minimum absolute atomic E-state index is 0.383. The summed E-state index contributed by atoms with van der Waals surface area (Å²) in [7, 11) is 0. The van der Waals surface area contributed by atoms with Gasteiger partial charge in [0.05, 0.1) is 0 Å². The number of hydrogen-bond donors (Lipinski definition) is 1. The lowest BCUT2D eigenvalue weighted by Crippen LogP contribution is -2.26. The fraction of sp³-hybridized carbons (Fsp3) is 0.412. The van der Waals surface area contributed by atoms with E-state index in [2.05, 4.69) is 58.3 Å². The van der Waals surface area contributed by atoms with Crippen LogP contribution in [0, 0.1) is 0 Å². The molecule has 3 rings (SSSR count). The summed E-state index contributed by atoms with van der Waals surface area (Å²) in [6.07, 6.45) is 5.20. The van der Waals surface area contributed by atoms with Crippen molar-refractivity contribution in [2.45, 2.75) is 39.2 Å². The van der Waals surface area contributed by atoms with Crippen LogP contribution in [-0.2, 0) is 6.42 Å². The van der Waals surface area contributed by atoms with Crippen LogP contribution in [0.25, 0.3) is 0 Å². The molecule has 0 fully saturated rings. The van der Waals surface area contributed by atoms with Gasteiger partial charge in [-0.1, -0.05) is 25.1 Å². The van der Waals surface area contributed by atoms with Gasteiger partial charge in [0.15, 0.2) is 0 Å². The molecule has 1 aromatic heterocycles. The van der Waals surface area contributed by atoms with Crippen LogP contribution in [0.5, 0.6) is 0 Å². The molecule has 0 spiro atoms. The van der Waals surface area contributed by atoms with Crippen molar-refractivity contribution in [3.8, 4) is 0 Å². The molecule has 2 aromatic rings. The number of anilines is 3. The molecule has 1 N–H and O–H groups in total. The highest BCUT2D eigenvalue weighted by Crippen LogP contribution is 2.32. The number of nitrogens with one attached hydrogen (secondary N) is 1. The molecule has 4 nitrogen and oxygen atoms in total. The first-order valence-electron chi connectivity index (χ1n) is 7.73. The standard InChI is InChI=1S/C17H22N4/c1-3-13(2)19-17-18-11-10-16(20-17)21-12-6-8-14-7-4-5-9-15(14)21/h4-5,7,9-11,13H,3,6,8,12H2,1-2H3,(H,18,19,20). The largest absolute Gasteiger partial charge is 0.352 e. The van der Waals surface area contributed by atoms with Crippen LogP contribution in [0.15, 0.2) is 36.5 Å². The third-order valence-electron chi connectivity index (χ3n) is 4.02. The number of rotatable bonds is 4. The summed E-state index contributed by atoms with van der Waals surface area (Å²) < 4.78 is 0. The molecule has 1 aliphatic heterocycles. The molecule has 1 atom stereocenters. The lowest BCUT2D eigenvalue weighted by Gasteiger charge is -2.30. The molecule has 0 saturated carbocycles. The number of hydrogen-bond acceptors (Lipinski definition) is 4. The molecule has 1 unspecified atom stereocenters. The maximum Gasteiger partial charge on any atom is 0.224 e. The topological polar surface area (TPSA) is 41.1 Å². The number of nitrogens with zero attached hydrogens (tertiary/aromatic N) is 3. The van der Waals surface area contributed by atoms with Gasteiger partial charge in [0.25, 0.3) is 0 Å². The van der Waals surface area contributed by atoms with Gasteiger partial charge in [-0.25, -0.2) is 4.98 Å². The van der Waals surface area contributed by atoms with Gasteiger partial charge in [-0.05, 0) is 43.9 Å². The average Bonchev–Trinajstić information content (AvgIpc) is 2.54. The molecule has 1 aliphatic rings. The van der Waals surface area contributed by atoms with Crippen molar-refractivity contribution in [3.05, 3.63) is 42.1 Å². The van der Waals surface area contributed by atoms with Gasteiger partial charge in [0, 0.05) is 24.5 Å². The van der Waals surface area contributed by atoms with Crippen LogP contribution < -0.4 is 10.2 Å². The lowest BCUT2D eigenvalue weighted by atomic mass is 10.0. The number of aryl methyl sites for hydroxylation is 1. The van der Waals surface area contributed by atoms with Crippen LogP contribution in [0.3, 0.4) is 0 Å². The Morgan fingerprint density at radius 1 is 1.29 bits per heavy atom. The van der Waals surface area contributed by atoms with Crippen molar-refractivity contribution >= 4 is 17.5 Å². The maximum absolute atomic E-state index is 4.69. The third kappa shape index (κ3) is 2.99. The van der Waals surface area contributed by atoms with E-state index in [0.29, 0.717) is 12.0 Å². The average molecular weight is 282 g/mol. The Bertz CT molecular complexity index is 611. The lowest BCUT2D eigenvalue weighted by molar-refractivity contribution is 0.743. The van der Waals surface area contributed by atoms with Gasteiger partial charge >= 0.3 is 0 Å². The Hall–Kier alpha value is -2.10. The highest BCUT2D eigenvalue weighted by Gasteiger charge is 2.19. The van der Waals surface area contributed by atoms with Crippen molar-refractivity contribution in [1.29, 1.82) is 0 Å². The predicted molar refractivity (Wildman–Crippen MR) is 87.2 cm³/mol. The fourth-order valence-electron chi connectivity index (χ4n) is 2.66. The van der Waals surface area contributed by atoms with Gasteiger partial charge in [0.2, 0.25) is 5.95 Å².